The zero-order chi connectivity index (χ0) is 32.1. The van der Waals surface area contributed by atoms with Crippen LogP contribution in [0.4, 0.5) is 17.1 Å². The molecule has 252 valence electrons. The minimum Gasteiger partial charge on any atom is -0.463 e. The summed E-state index contributed by atoms with van der Waals surface area (Å²) in [5.74, 6) is -0.172. The second kappa shape index (κ2) is 27.7. The molecule has 0 aliphatic heterocycles. The summed E-state index contributed by atoms with van der Waals surface area (Å²) in [6, 6.07) is 3.44. The average Bonchev–Trinajstić information content (AvgIpc) is 3.01. The quantitative estimate of drug-likeness (QED) is 0.0375. The van der Waals surface area contributed by atoms with Crippen LogP contribution in [-0.2, 0) is 23.7 Å². The number of anilines is 1. The first-order valence-electron chi connectivity index (χ1n) is 16.5. The number of non-ortho nitro benzene ring substituents is 1. The molecule has 0 spiro atoms. The van der Waals surface area contributed by atoms with Crippen LogP contribution >= 0.6 is 0 Å². The first-order valence-corrected chi connectivity index (χ1v) is 16.5. The van der Waals surface area contributed by atoms with Gasteiger partial charge in [0.25, 0.3) is 11.4 Å². The minimum absolute atomic E-state index is 0.172. The third-order valence-electron chi connectivity index (χ3n) is 7.17. The van der Waals surface area contributed by atoms with Crippen LogP contribution in [0.1, 0.15) is 110 Å². The Morgan fingerprint density at radius 1 is 0.659 bits per heavy atom. The first-order chi connectivity index (χ1) is 21.5. The van der Waals surface area contributed by atoms with Crippen molar-refractivity contribution in [2.24, 2.45) is 0 Å². The molecule has 0 bridgehead atoms. The van der Waals surface area contributed by atoms with Crippen molar-refractivity contribution in [1.82, 2.24) is 0 Å². The molecule has 12 heteroatoms. The number of rotatable bonds is 31. The van der Waals surface area contributed by atoms with E-state index >= 15 is 0 Å². The van der Waals surface area contributed by atoms with Crippen molar-refractivity contribution in [3.05, 3.63) is 38.4 Å². The van der Waals surface area contributed by atoms with Crippen LogP contribution in [0.5, 0.6) is 0 Å². The summed E-state index contributed by atoms with van der Waals surface area (Å²) in [4.78, 5) is 32.4. The zero-order valence-corrected chi connectivity index (χ0v) is 26.8. The van der Waals surface area contributed by atoms with E-state index in [0.29, 0.717) is 46.0 Å². The van der Waals surface area contributed by atoms with E-state index in [1.54, 1.807) is 0 Å². The number of unbranched alkanes of at least 4 members (excludes halogenated alkanes) is 14. The fourth-order valence-electron chi connectivity index (χ4n) is 4.66. The van der Waals surface area contributed by atoms with Gasteiger partial charge in [-0.2, -0.15) is 0 Å². The van der Waals surface area contributed by atoms with Gasteiger partial charge < -0.3 is 24.3 Å². The van der Waals surface area contributed by atoms with E-state index in [9.17, 15) is 25.0 Å². The summed E-state index contributed by atoms with van der Waals surface area (Å²) >= 11 is 0. The highest BCUT2D eigenvalue weighted by atomic mass is 16.6. The van der Waals surface area contributed by atoms with Gasteiger partial charge in [-0.3, -0.25) is 25.0 Å². The number of nitrogens with one attached hydrogen (secondary N) is 1. The van der Waals surface area contributed by atoms with Gasteiger partial charge in [0.2, 0.25) is 0 Å². The topological polar surface area (TPSA) is 152 Å². The summed E-state index contributed by atoms with van der Waals surface area (Å²) in [5.41, 5.74) is -0.517. The van der Waals surface area contributed by atoms with Crippen LogP contribution in [0, 0.1) is 20.2 Å². The minimum atomic E-state index is -0.678. The molecule has 1 aromatic carbocycles. The Morgan fingerprint density at radius 2 is 1.14 bits per heavy atom. The third kappa shape index (κ3) is 21.8. The van der Waals surface area contributed by atoms with Crippen molar-refractivity contribution in [3.8, 4) is 0 Å². The predicted molar refractivity (Wildman–Crippen MR) is 171 cm³/mol. The molecule has 0 aliphatic rings. The van der Waals surface area contributed by atoms with Crippen molar-refractivity contribution >= 4 is 23.0 Å². The molecule has 0 radical (unpaired) electrons. The number of nitro benzene ring substituents is 2. The highest BCUT2D eigenvalue weighted by molar-refractivity contribution is 5.69. The SMILES string of the molecule is CCCCCCCCCCCCCCCCCC(=O)OCCOCCOCCOCCNc1ccc([N+](=O)[O-])cc1[N+](=O)[O-]. The van der Waals surface area contributed by atoms with E-state index in [4.69, 9.17) is 18.9 Å². The maximum absolute atomic E-state index is 11.8. The molecule has 12 nitrogen and oxygen atoms in total. The molecular formula is C32H55N3O9. The molecular weight excluding hydrogens is 570 g/mol. The molecule has 44 heavy (non-hydrogen) atoms. The molecule has 1 rings (SSSR count). The van der Waals surface area contributed by atoms with Crippen LogP contribution in [0.2, 0.25) is 0 Å². The molecule has 0 saturated carbocycles. The Bertz CT molecular complexity index is 902. The van der Waals surface area contributed by atoms with E-state index in [1.807, 2.05) is 0 Å². The van der Waals surface area contributed by atoms with Gasteiger partial charge in [-0.1, -0.05) is 96.8 Å². The number of hydrogen-bond donors (Lipinski definition) is 1. The van der Waals surface area contributed by atoms with Crippen LogP contribution in [0.25, 0.3) is 0 Å². The lowest BCUT2D eigenvalue weighted by Crippen LogP contribution is -2.15. The fourth-order valence-corrected chi connectivity index (χ4v) is 4.66. The number of nitro groups is 2. The number of ether oxygens (including phenoxy) is 4. The number of carbonyl (C=O) groups excluding carboxylic acids is 1. The van der Waals surface area contributed by atoms with Crippen molar-refractivity contribution in [2.75, 3.05) is 58.1 Å². The zero-order valence-electron chi connectivity index (χ0n) is 26.8. The van der Waals surface area contributed by atoms with Gasteiger partial charge in [-0.25, -0.2) is 0 Å². The van der Waals surface area contributed by atoms with Gasteiger partial charge >= 0.3 is 5.97 Å². The van der Waals surface area contributed by atoms with Gasteiger partial charge in [-0.05, 0) is 12.5 Å². The van der Waals surface area contributed by atoms with Crippen LogP contribution < -0.4 is 5.32 Å². The number of nitrogens with zero attached hydrogens (tertiary/aromatic N) is 2. The van der Waals surface area contributed by atoms with Gasteiger partial charge in [0.05, 0.1) is 55.6 Å². The van der Waals surface area contributed by atoms with Gasteiger partial charge in [0, 0.05) is 19.0 Å². The van der Waals surface area contributed by atoms with E-state index in [0.717, 1.165) is 18.9 Å². The summed E-state index contributed by atoms with van der Waals surface area (Å²) in [7, 11) is 0. The molecule has 0 unspecified atom stereocenters. The molecule has 0 amide bonds. The normalized spacial score (nSPS) is 11.0. The largest absolute Gasteiger partial charge is 0.463 e. The summed E-state index contributed by atoms with van der Waals surface area (Å²) in [6.07, 6.45) is 19.9. The lowest BCUT2D eigenvalue weighted by atomic mass is 10.0. The standard InChI is InChI=1S/C32H55N3O9/c1-2-3-4-5-6-7-8-9-10-11-12-13-14-15-16-17-32(36)44-27-26-43-25-24-42-23-22-41-21-20-33-30-19-18-29(34(37)38)28-31(30)35(39)40/h18-19,28,33H,2-17,20-27H2,1H3. The van der Waals surface area contributed by atoms with Crippen molar-refractivity contribution in [2.45, 2.75) is 110 Å². The highest BCUT2D eigenvalue weighted by Crippen LogP contribution is 2.28. The van der Waals surface area contributed by atoms with Crippen molar-refractivity contribution < 1.29 is 33.6 Å². The Balaban J connectivity index is 1.83. The molecule has 1 N–H and O–H groups in total. The molecule has 0 fully saturated rings. The summed E-state index contributed by atoms with van der Waals surface area (Å²) in [6.45, 7) is 4.84. The molecule has 0 aromatic heterocycles. The molecule has 0 aliphatic carbocycles. The van der Waals surface area contributed by atoms with E-state index in [-0.39, 0.29) is 36.2 Å². The van der Waals surface area contributed by atoms with E-state index in [2.05, 4.69) is 12.2 Å². The predicted octanol–water partition coefficient (Wildman–Crippen LogP) is 7.77. The molecule has 0 saturated heterocycles. The van der Waals surface area contributed by atoms with Crippen molar-refractivity contribution in [3.63, 3.8) is 0 Å². The lowest BCUT2D eigenvalue weighted by molar-refractivity contribution is -0.393. The first kappa shape index (κ1) is 39.2. The maximum atomic E-state index is 11.8. The smallest absolute Gasteiger partial charge is 0.305 e. The van der Waals surface area contributed by atoms with E-state index in [1.165, 1.54) is 95.6 Å². The number of carbonyl (C=O) groups is 1. The van der Waals surface area contributed by atoms with Crippen molar-refractivity contribution in [1.29, 1.82) is 0 Å². The van der Waals surface area contributed by atoms with Gasteiger partial charge in [-0.15, -0.1) is 0 Å². The summed E-state index contributed by atoms with van der Waals surface area (Å²) < 4.78 is 21.5. The van der Waals surface area contributed by atoms with E-state index < -0.39 is 9.85 Å². The number of esters is 1. The molecule has 0 atom stereocenters. The second-order valence-corrected chi connectivity index (χ2v) is 10.9. The van der Waals surface area contributed by atoms with Gasteiger partial charge in [0.1, 0.15) is 12.3 Å². The maximum Gasteiger partial charge on any atom is 0.305 e. The second-order valence-electron chi connectivity index (χ2n) is 10.9. The van der Waals surface area contributed by atoms with Crippen LogP contribution in [-0.4, -0.2) is 68.6 Å². The average molecular weight is 626 g/mol. The Kier molecular flexibility index (Phi) is 24.7. The number of benzene rings is 1. The lowest BCUT2D eigenvalue weighted by Gasteiger charge is -2.09. The molecule has 0 heterocycles. The Hall–Kier alpha value is -2.83. The third-order valence-corrected chi connectivity index (χ3v) is 7.17. The highest BCUT2D eigenvalue weighted by Gasteiger charge is 2.19. The van der Waals surface area contributed by atoms with Crippen LogP contribution in [0.15, 0.2) is 18.2 Å². The Labute approximate surface area is 262 Å². The molecule has 1 aromatic rings. The van der Waals surface area contributed by atoms with Crippen LogP contribution in [0.3, 0.4) is 0 Å². The summed E-state index contributed by atoms with van der Waals surface area (Å²) in [5, 5.41) is 24.8. The Morgan fingerprint density at radius 3 is 1.64 bits per heavy atom. The number of hydrogen-bond acceptors (Lipinski definition) is 10. The fraction of sp³-hybridized carbons (Fsp3) is 0.781. The monoisotopic (exact) mass is 625 g/mol. The van der Waals surface area contributed by atoms with Gasteiger partial charge in [0.15, 0.2) is 0 Å².